The van der Waals surface area contributed by atoms with Crippen LogP contribution in [0.5, 0.6) is 5.75 Å². The van der Waals surface area contributed by atoms with Crippen molar-refractivity contribution in [1.29, 1.82) is 0 Å². The number of rotatable bonds is 0. The molecule has 0 radical (unpaired) electrons. The highest BCUT2D eigenvalue weighted by Gasteiger charge is 2.26. The number of carbonyl (C=O) groups excluding carboxylic acids is 1. The van der Waals surface area contributed by atoms with Crippen LogP contribution < -0.4 is 4.74 Å². The minimum atomic E-state index is -0.379. The van der Waals surface area contributed by atoms with Crippen molar-refractivity contribution in [3.63, 3.8) is 0 Å². The van der Waals surface area contributed by atoms with Crippen molar-refractivity contribution in [2.75, 3.05) is 6.61 Å². The summed E-state index contributed by atoms with van der Waals surface area (Å²) in [6.07, 6.45) is 5.94. The van der Waals surface area contributed by atoms with Gasteiger partial charge in [-0.25, -0.2) is 4.39 Å². The van der Waals surface area contributed by atoms with E-state index in [-0.39, 0.29) is 18.2 Å². The molecule has 1 saturated carbocycles. The molecular weight excluding hydrogens is 255 g/mol. The Labute approximate surface area is 118 Å². The molecule has 104 valence electrons. The van der Waals surface area contributed by atoms with Gasteiger partial charge in [0, 0.05) is 11.5 Å². The van der Waals surface area contributed by atoms with Crippen LogP contribution in [0.4, 0.5) is 4.39 Å². The van der Waals surface area contributed by atoms with Crippen LogP contribution >= 0.6 is 0 Å². The molecule has 2 aliphatic rings. The van der Waals surface area contributed by atoms with Crippen LogP contribution in [-0.2, 0) is 0 Å². The molecule has 3 heteroatoms. The molecule has 0 saturated heterocycles. The van der Waals surface area contributed by atoms with Gasteiger partial charge < -0.3 is 4.74 Å². The first-order valence-corrected chi connectivity index (χ1v) is 7.17. The van der Waals surface area contributed by atoms with Crippen molar-refractivity contribution in [2.45, 2.75) is 39.0 Å². The lowest BCUT2D eigenvalue weighted by Crippen LogP contribution is -2.03. The molecule has 1 aromatic carbocycles. The van der Waals surface area contributed by atoms with Gasteiger partial charge in [0.25, 0.3) is 0 Å². The Morgan fingerprint density at radius 2 is 2.05 bits per heavy atom. The van der Waals surface area contributed by atoms with Gasteiger partial charge in [0.05, 0.1) is 11.1 Å². The molecule has 0 aromatic heterocycles. The largest absolute Gasteiger partial charge is 0.483 e. The van der Waals surface area contributed by atoms with E-state index in [0.717, 1.165) is 12.8 Å². The topological polar surface area (TPSA) is 26.3 Å². The van der Waals surface area contributed by atoms with Crippen molar-refractivity contribution in [2.24, 2.45) is 5.92 Å². The summed E-state index contributed by atoms with van der Waals surface area (Å²) in [5.74, 6) is 6.63. The first-order valence-electron chi connectivity index (χ1n) is 7.17. The summed E-state index contributed by atoms with van der Waals surface area (Å²) < 4.78 is 19.3. The minimum absolute atomic E-state index is 0.00364. The van der Waals surface area contributed by atoms with Crippen LogP contribution in [0, 0.1) is 30.5 Å². The predicted molar refractivity (Wildman–Crippen MR) is 74.4 cm³/mol. The van der Waals surface area contributed by atoms with E-state index >= 15 is 0 Å². The number of halogens is 1. The Bertz CT molecular complexity index is 616. The zero-order valence-corrected chi connectivity index (χ0v) is 11.6. The number of hydrogen-bond donors (Lipinski definition) is 0. The summed E-state index contributed by atoms with van der Waals surface area (Å²) in [5, 5.41) is 0. The van der Waals surface area contributed by atoms with Crippen LogP contribution in [0.25, 0.3) is 0 Å². The normalized spacial score (nSPS) is 18.2. The summed E-state index contributed by atoms with van der Waals surface area (Å²) in [7, 11) is 0. The summed E-state index contributed by atoms with van der Waals surface area (Å²) >= 11 is 0. The number of benzene rings is 1. The fraction of sp³-hybridized carbons (Fsp3) is 0.471. The number of hydrogen-bond acceptors (Lipinski definition) is 2. The molecule has 0 bridgehead atoms. The average molecular weight is 272 g/mol. The van der Waals surface area contributed by atoms with E-state index in [9.17, 15) is 9.18 Å². The standard InChI is InChI=1S/C17H17FO2/c1-11-13(8-7-12-5-3-2-4-6-12)17-14(9-15(11)18)16(19)10-20-17/h9,12H,2-6,10H2,1H3. The SMILES string of the molecule is Cc1c(F)cc2c(c1C#CC1CCCCC1)OCC2=O. The van der Waals surface area contributed by atoms with Gasteiger partial charge in [-0.3, -0.25) is 4.79 Å². The molecular formula is C17H17FO2. The van der Waals surface area contributed by atoms with Gasteiger partial charge in [-0.1, -0.05) is 31.1 Å². The maximum atomic E-state index is 13.9. The number of carbonyl (C=O) groups is 1. The minimum Gasteiger partial charge on any atom is -0.483 e. The highest BCUT2D eigenvalue weighted by atomic mass is 19.1. The van der Waals surface area contributed by atoms with E-state index < -0.39 is 0 Å². The summed E-state index contributed by atoms with van der Waals surface area (Å²) in [6.45, 7) is 1.68. The Kier molecular flexibility index (Phi) is 3.48. The van der Waals surface area contributed by atoms with Gasteiger partial charge in [0.15, 0.2) is 6.61 Å². The molecule has 0 amide bonds. The lowest BCUT2D eigenvalue weighted by molar-refractivity contribution is 0.0961. The molecule has 3 rings (SSSR count). The Morgan fingerprint density at radius 3 is 2.80 bits per heavy atom. The van der Waals surface area contributed by atoms with Gasteiger partial charge in [0.2, 0.25) is 5.78 Å². The molecule has 1 aliphatic heterocycles. The quantitative estimate of drug-likeness (QED) is 0.674. The smallest absolute Gasteiger partial charge is 0.204 e. The lowest BCUT2D eigenvalue weighted by atomic mass is 9.89. The number of fused-ring (bicyclic) bond motifs is 1. The number of ether oxygens (including phenoxy) is 1. The Morgan fingerprint density at radius 1 is 1.30 bits per heavy atom. The molecule has 1 heterocycles. The molecule has 0 unspecified atom stereocenters. The number of ketones is 1. The second-order valence-corrected chi connectivity index (χ2v) is 5.55. The zero-order valence-electron chi connectivity index (χ0n) is 11.6. The fourth-order valence-corrected chi connectivity index (χ4v) is 2.87. The molecule has 2 nitrogen and oxygen atoms in total. The van der Waals surface area contributed by atoms with Gasteiger partial charge in [-0.05, 0) is 25.8 Å². The van der Waals surface area contributed by atoms with Gasteiger partial charge in [0.1, 0.15) is 11.6 Å². The second-order valence-electron chi connectivity index (χ2n) is 5.55. The number of Topliss-reactive ketones (excluding diaryl/α,β-unsaturated/α-hetero) is 1. The maximum absolute atomic E-state index is 13.9. The first kappa shape index (κ1) is 13.2. The molecule has 0 atom stereocenters. The Hall–Kier alpha value is -1.82. The Balaban J connectivity index is 1.99. The lowest BCUT2D eigenvalue weighted by Gasteiger charge is -2.15. The van der Waals surface area contributed by atoms with Crippen LogP contribution in [0.2, 0.25) is 0 Å². The first-order chi connectivity index (χ1) is 9.66. The van der Waals surface area contributed by atoms with E-state index in [1.54, 1.807) is 6.92 Å². The molecule has 20 heavy (non-hydrogen) atoms. The summed E-state index contributed by atoms with van der Waals surface area (Å²) in [6, 6.07) is 1.27. The van der Waals surface area contributed by atoms with E-state index in [1.165, 1.54) is 25.3 Å². The summed E-state index contributed by atoms with van der Waals surface area (Å²) in [5.41, 5.74) is 1.36. The van der Waals surface area contributed by atoms with Crippen molar-refractivity contribution >= 4 is 5.78 Å². The van der Waals surface area contributed by atoms with Crippen LogP contribution in [0.15, 0.2) is 6.07 Å². The van der Waals surface area contributed by atoms with Crippen molar-refractivity contribution in [1.82, 2.24) is 0 Å². The third-order valence-corrected chi connectivity index (χ3v) is 4.13. The van der Waals surface area contributed by atoms with Crippen molar-refractivity contribution in [3.05, 3.63) is 28.6 Å². The predicted octanol–water partition coefficient (Wildman–Crippen LogP) is 3.64. The highest BCUT2D eigenvalue weighted by molar-refractivity contribution is 6.03. The zero-order chi connectivity index (χ0) is 14.1. The van der Waals surface area contributed by atoms with E-state index in [4.69, 9.17) is 4.74 Å². The van der Waals surface area contributed by atoms with Gasteiger partial charge >= 0.3 is 0 Å². The second kappa shape index (κ2) is 5.28. The fourth-order valence-electron chi connectivity index (χ4n) is 2.87. The van der Waals surface area contributed by atoms with Gasteiger partial charge in [-0.15, -0.1) is 0 Å². The third kappa shape index (κ3) is 2.31. The van der Waals surface area contributed by atoms with Gasteiger partial charge in [-0.2, -0.15) is 0 Å². The van der Waals surface area contributed by atoms with Crippen LogP contribution in [0.1, 0.15) is 53.6 Å². The van der Waals surface area contributed by atoms with E-state index in [1.807, 2.05) is 0 Å². The van der Waals surface area contributed by atoms with Crippen molar-refractivity contribution < 1.29 is 13.9 Å². The van der Waals surface area contributed by atoms with Crippen molar-refractivity contribution in [3.8, 4) is 17.6 Å². The molecule has 1 aromatic rings. The van der Waals surface area contributed by atoms with Crippen LogP contribution in [-0.4, -0.2) is 12.4 Å². The maximum Gasteiger partial charge on any atom is 0.204 e. The molecule has 0 N–H and O–H groups in total. The van der Waals surface area contributed by atoms with E-state index in [0.29, 0.717) is 28.4 Å². The average Bonchev–Trinajstić information content (AvgIpc) is 2.82. The molecule has 1 fully saturated rings. The molecule has 0 spiro atoms. The van der Waals surface area contributed by atoms with E-state index in [2.05, 4.69) is 11.8 Å². The third-order valence-electron chi connectivity index (χ3n) is 4.13. The monoisotopic (exact) mass is 272 g/mol. The summed E-state index contributed by atoms with van der Waals surface area (Å²) in [4.78, 5) is 11.6. The van der Waals surface area contributed by atoms with Crippen LogP contribution in [0.3, 0.4) is 0 Å². The molecule has 1 aliphatic carbocycles. The highest BCUT2D eigenvalue weighted by Crippen LogP contribution is 2.33.